The number of aromatic nitrogens is 1. The van der Waals surface area contributed by atoms with E-state index in [1.54, 1.807) is 11.3 Å². The van der Waals surface area contributed by atoms with Crippen LogP contribution in [0.2, 0.25) is 0 Å². The first-order chi connectivity index (χ1) is 10.00. The zero-order valence-corrected chi connectivity index (χ0v) is 17.3. The van der Waals surface area contributed by atoms with Crippen molar-refractivity contribution < 1.29 is 0 Å². The van der Waals surface area contributed by atoms with Gasteiger partial charge in [0.05, 0.1) is 5.01 Å². The molecule has 0 unspecified atom stereocenters. The van der Waals surface area contributed by atoms with Crippen LogP contribution in [-0.4, -0.2) is 42.5 Å². The Morgan fingerprint density at radius 3 is 2.77 bits per heavy atom. The maximum Gasteiger partial charge on any atom is 0.193 e. The van der Waals surface area contributed by atoms with E-state index < -0.39 is 0 Å². The molecule has 126 valence electrons. The van der Waals surface area contributed by atoms with Crippen molar-refractivity contribution in [2.75, 3.05) is 26.7 Å². The molecule has 0 saturated carbocycles. The average Bonchev–Trinajstić information content (AvgIpc) is 3.00. The molecule has 2 rings (SSSR count). The number of hydrogen-bond acceptors (Lipinski definition) is 3. The summed E-state index contributed by atoms with van der Waals surface area (Å²) in [6.45, 7) is 9.93. The summed E-state index contributed by atoms with van der Waals surface area (Å²) in [7, 11) is 1.88. The molecule has 0 spiro atoms. The second-order valence-corrected chi connectivity index (χ2v) is 7.59. The van der Waals surface area contributed by atoms with Crippen LogP contribution in [0, 0.1) is 12.3 Å². The number of hydrogen-bond donors (Lipinski definition) is 1. The Morgan fingerprint density at radius 1 is 1.45 bits per heavy atom. The van der Waals surface area contributed by atoms with Gasteiger partial charge in [-0.15, -0.1) is 35.3 Å². The van der Waals surface area contributed by atoms with Crippen molar-refractivity contribution in [1.29, 1.82) is 0 Å². The lowest BCUT2D eigenvalue weighted by molar-refractivity contribution is 0.370. The van der Waals surface area contributed by atoms with Gasteiger partial charge < -0.3 is 10.2 Å². The van der Waals surface area contributed by atoms with Gasteiger partial charge in [0.2, 0.25) is 0 Å². The van der Waals surface area contributed by atoms with Crippen molar-refractivity contribution in [3.63, 3.8) is 0 Å². The van der Waals surface area contributed by atoms with Crippen molar-refractivity contribution in [2.45, 2.75) is 46.5 Å². The Morgan fingerprint density at radius 2 is 2.23 bits per heavy atom. The van der Waals surface area contributed by atoms with Crippen molar-refractivity contribution in [1.82, 2.24) is 15.2 Å². The molecule has 1 aliphatic rings. The standard InChI is InChI=1S/C16H28N4S.HI/c1-13-11-21-14(19-13)7-5-6-9-18-15(17-4)20-10-8-16(2,3)12-20;/h11H,5-10,12H2,1-4H3,(H,17,18);1H. The highest BCUT2D eigenvalue weighted by atomic mass is 127. The summed E-state index contributed by atoms with van der Waals surface area (Å²) in [4.78, 5) is 11.3. The monoisotopic (exact) mass is 436 g/mol. The molecule has 1 saturated heterocycles. The highest BCUT2D eigenvalue weighted by Crippen LogP contribution is 2.28. The summed E-state index contributed by atoms with van der Waals surface area (Å²) >= 11 is 1.78. The minimum absolute atomic E-state index is 0. The number of nitrogens with zero attached hydrogens (tertiary/aromatic N) is 3. The number of aryl methyl sites for hydroxylation is 2. The molecule has 0 aliphatic carbocycles. The van der Waals surface area contributed by atoms with Crippen LogP contribution in [0.1, 0.15) is 43.8 Å². The quantitative estimate of drug-likeness (QED) is 0.331. The van der Waals surface area contributed by atoms with Crippen LogP contribution in [0.15, 0.2) is 10.4 Å². The van der Waals surface area contributed by atoms with Gasteiger partial charge in [-0.1, -0.05) is 13.8 Å². The van der Waals surface area contributed by atoms with Gasteiger partial charge in [0.1, 0.15) is 0 Å². The first kappa shape index (κ1) is 19.7. The molecule has 0 bridgehead atoms. The minimum atomic E-state index is 0. The topological polar surface area (TPSA) is 40.5 Å². The largest absolute Gasteiger partial charge is 0.356 e. The number of rotatable bonds is 5. The van der Waals surface area contributed by atoms with E-state index in [0.29, 0.717) is 5.41 Å². The predicted octanol–water partition coefficient (Wildman–Crippen LogP) is 3.70. The van der Waals surface area contributed by atoms with E-state index in [2.05, 4.69) is 46.3 Å². The van der Waals surface area contributed by atoms with Gasteiger partial charge in [0.25, 0.3) is 0 Å². The van der Waals surface area contributed by atoms with Crippen LogP contribution < -0.4 is 5.32 Å². The van der Waals surface area contributed by atoms with Gasteiger partial charge in [-0.3, -0.25) is 4.99 Å². The normalized spacial score (nSPS) is 17.5. The molecule has 1 aromatic rings. The number of guanidine groups is 1. The predicted molar refractivity (Wildman–Crippen MR) is 107 cm³/mol. The Labute approximate surface area is 155 Å². The maximum absolute atomic E-state index is 4.50. The lowest BCUT2D eigenvalue weighted by Gasteiger charge is -2.23. The smallest absolute Gasteiger partial charge is 0.193 e. The lowest BCUT2D eigenvalue weighted by Crippen LogP contribution is -2.41. The van der Waals surface area contributed by atoms with Gasteiger partial charge in [0, 0.05) is 37.8 Å². The molecule has 0 atom stereocenters. The molecular formula is C16H29IN4S. The summed E-state index contributed by atoms with van der Waals surface area (Å²) in [5.41, 5.74) is 1.56. The highest BCUT2D eigenvalue weighted by molar-refractivity contribution is 14.0. The molecule has 1 N–H and O–H groups in total. The minimum Gasteiger partial charge on any atom is -0.356 e. The van der Waals surface area contributed by atoms with Crippen molar-refractivity contribution in [2.24, 2.45) is 10.4 Å². The van der Waals surface area contributed by atoms with E-state index in [4.69, 9.17) is 0 Å². The molecule has 0 aromatic carbocycles. The molecule has 2 heterocycles. The molecule has 1 aromatic heterocycles. The Kier molecular flexibility index (Phi) is 8.10. The van der Waals surface area contributed by atoms with Gasteiger partial charge in [-0.2, -0.15) is 0 Å². The summed E-state index contributed by atoms with van der Waals surface area (Å²) in [6.07, 6.45) is 4.68. The fourth-order valence-corrected chi connectivity index (χ4v) is 3.56. The van der Waals surface area contributed by atoms with Crippen molar-refractivity contribution >= 4 is 41.3 Å². The van der Waals surface area contributed by atoms with Crippen LogP contribution >= 0.6 is 35.3 Å². The van der Waals surface area contributed by atoms with Gasteiger partial charge in [-0.25, -0.2) is 4.98 Å². The van der Waals surface area contributed by atoms with Crippen LogP contribution in [0.25, 0.3) is 0 Å². The lowest BCUT2D eigenvalue weighted by atomic mass is 9.93. The number of nitrogens with one attached hydrogen (secondary N) is 1. The van der Waals surface area contributed by atoms with Gasteiger partial charge in [0.15, 0.2) is 5.96 Å². The van der Waals surface area contributed by atoms with E-state index in [1.807, 2.05) is 7.05 Å². The van der Waals surface area contributed by atoms with E-state index in [1.165, 1.54) is 17.8 Å². The molecule has 1 aliphatic heterocycles. The zero-order chi connectivity index (χ0) is 15.3. The molecule has 22 heavy (non-hydrogen) atoms. The number of likely N-dealkylation sites (tertiary alicyclic amines) is 1. The molecule has 6 heteroatoms. The Hall–Kier alpha value is -0.370. The molecular weight excluding hydrogens is 407 g/mol. The van der Waals surface area contributed by atoms with Crippen molar-refractivity contribution in [3.05, 3.63) is 16.1 Å². The Bertz CT molecular complexity index is 484. The molecule has 0 radical (unpaired) electrons. The zero-order valence-electron chi connectivity index (χ0n) is 14.2. The van der Waals surface area contributed by atoms with Gasteiger partial charge in [-0.05, 0) is 38.0 Å². The van der Waals surface area contributed by atoms with E-state index in [9.17, 15) is 0 Å². The maximum atomic E-state index is 4.50. The summed E-state index contributed by atoms with van der Waals surface area (Å²) in [5, 5.41) is 6.89. The number of unbranched alkanes of at least 4 members (excludes halogenated alkanes) is 1. The summed E-state index contributed by atoms with van der Waals surface area (Å²) < 4.78 is 0. The fourth-order valence-electron chi connectivity index (χ4n) is 2.74. The molecule has 4 nitrogen and oxygen atoms in total. The first-order valence-electron chi connectivity index (χ1n) is 7.87. The average molecular weight is 436 g/mol. The highest BCUT2D eigenvalue weighted by Gasteiger charge is 2.30. The number of aliphatic imine (C=N–C) groups is 1. The summed E-state index contributed by atoms with van der Waals surface area (Å²) in [5.74, 6) is 1.06. The fraction of sp³-hybridized carbons (Fsp3) is 0.750. The third-order valence-electron chi connectivity index (χ3n) is 3.96. The molecule has 0 amide bonds. The van der Waals surface area contributed by atoms with E-state index >= 15 is 0 Å². The van der Waals surface area contributed by atoms with E-state index in [0.717, 1.165) is 44.1 Å². The first-order valence-corrected chi connectivity index (χ1v) is 8.75. The van der Waals surface area contributed by atoms with Crippen LogP contribution in [0.4, 0.5) is 0 Å². The van der Waals surface area contributed by atoms with Crippen molar-refractivity contribution in [3.8, 4) is 0 Å². The second kappa shape index (κ2) is 9.05. The number of thiazole rings is 1. The van der Waals surface area contributed by atoms with Gasteiger partial charge >= 0.3 is 0 Å². The third-order valence-corrected chi connectivity index (χ3v) is 4.98. The SMILES string of the molecule is CN=C(NCCCCc1nc(C)cs1)N1CCC(C)(C)C1.I. The Balaban J connectivity index is 0.00000242. The molecule has 1 fully saturated rings. The van der Waals surface area contributed by atoms with Crippen LogP contribution in [-0.2, 0) is 6.42 Å². The third kappa shape index (κ3) is 6.02. The summed E-state index contributed by atoms with van der Waals surface area (Å²) in [6, 6.07) is 0. The number of halogens is 1. The van der Waals surface area contributed by atoms with E-state index in [-0.39, 0.29) is 24.0 Å². The van der Waals surface area contributed by atoms with Crippen LogP contribution in [0.5, 0.6) is 0 Å². The van der Waals surface area contributed by atoms with Crippen LogP contribution in [0.3, 0.4) is 0 Å². The second-order valence-electron chi connectivity index (χ2n) is 6.65.